The van der Waals surface area contributed by atoms with E-state index in [0.717, 1.165) is 29.6 Å². The summed E-state index contributed by atoms with van der Waals surface area (Å²) in [6.07, 6.45) is 4.43. The van der Waals surface area contributed by atoms with Crippen LogP contribution in [-0.2, 0) is 5.41 Å². The van der Waals surface area contributed by atoms with Crippen molar-refractivity contribution in [2.75, 3.05) is 5.75 Å². The Morgan fingerprint density at radius 1 is 1.44 bits per heavy atom. The molecular formula is C12H18N2OS. The molecule has 0 N–H and O–H groups in total. The fraction of sp³-hybridized carbons (Fsp3) is 0.667. The largest absolute Gasteiger partial charge is 0.436 e. The Bertz CT molecular complexity index is 360. The van der Waals surface area contributed by atoms with Crippen LogP contribution in [0, 0.1) is 11.3 Å². The molecule has 0 saturated carbocycles. The Hall–Kier alpha value is -0.950. The third-order valence-corrected chi connectivity index (χ3v) is 3.06. The van der Waals surface area contributed by atoms with Crippen LogP contribution in [0.25, 0.3) is 0 Å². The molecule has 0 radical (unpaired) electrons. The van der Waals surface area contributed by atoms with Crippen LogP contribution in [0.2, 0.25) is 0 Å². The molecule has 0 bridgehead atoms. The second-order valence-electron chi connectivity index (χ2n) is 4.70. The molecular weight excluding hydrogens is 220 g/mol. The lowest BCUT2D eigenvalue weighted by atomic mass is 9.94. The van der Waals surface area contributed by atoms with E-state index in [1.807, 2.05) is 0 Å². The van der Waals surface area contributed by atoms with Gasteiger partial charge in [-0.3, -0.25) is 0 Å². The van der Waals surface area contributed by atoms with Gasteiger partial charge in [0.2, 0.25) is 0 Å². The summed E-state index contributed by atoms with van der Waals surface area (Å²) in [6, 6.07) is 2.14. The molecule has 0 spiro atoms. The summed E-state index contributed by atoms with van der Waals surface area (Å²) < 4.78 is 5.64. The summed E-state index contributed by atoms with van der Waals surface area (Å²) in [6.45, 7) is 6.32. The first-order chi connectivity index (χ1) is 7.54. The predicted octanol–water partition coefficient (Wildman–Crippen LogP) is 3.76. The summed E-state index contributed by atoms with van der Waals surface area (Å²) in [5, 5.41) is 9.13. The van der Waals surface area contributed by atoms with Gasteiger partial charge < -0.3 is 4.42 Å². The molecule has 4 heteroatoms. The smallest absolute Gasteiger partial charge is 0.255 e. The van der Waals surface area contributed by atoms with Gasteiger partial charge in [-0.15, -0.1) is 0 Å². The maximum absolute atomic E-state index is 8.39. The summed E-state index contributed by atoms with van der Waals surface area (Å²) >= 11 is 1.62. The highest BCUT2D eigenvalue weighted by Gasteiger charge is 2.19. The van der Waals surface area contributed by atoms with Gasteiger partial charge in [0.15, 0.2) is 0 Å². The zero-order valence-corrected chi connectivity index (χ0v) is 10.9. The van der Waals surface area contributed by atoms with Gasteiger partial charge in [-0.2, -0.15) is 5.26 Å². The van der Waals surface area contributed by atoms with Crippen LogP contribution in [0.15, 0.2) is 15.8 Å². The van der Waals surface area contributed by atoms with E-state index in [-0.39, 0.29) is 5.41 Å². The summed E-state index contributed by atoms with van der Waals surface area (Å²) in [5.74, 6) is 1.89. The van der Waals surface area contributed by atoms with Gasteiger partial charge in [-0.25, -0.2) is 4.98 Å². The number of oxazole rings is 1. The van der Waals surface area contributed by atoms with Crippen LogP contribution in [0.3, 0.4) is 0 Å². The molecule has 0 aromatic carbocycles. The molecule has 0 saturated heterocycles. The van der Waals surface area contributed by atoms with E-state index in [9.17, 15) is 0 Å². The van der Waals surface area contributed by atoms with E-state index in [1.165, 1.54) is 0 Å². The molecule has 0 aliphatic rings. The first-order valence-corrected chi connectivity index (χ1v) is 6.48. The minimum Gasteiger partial charge on any atom is -0.436 e. The van der Waals surface area contributed by atoms with Crippen LogP contribution in [-0.4, -0.2) is 10.7 Å². The first-order valence-electron chi connectivity index (χ1n) is 5.50. The molecule has 1 heterocycles. The van der Waals surface area contributed by atoms with E-state index in [4.69, 9.17) is 9.68 Å². The van der Waals surface area contributed by atoms with Crippen molar-refractivity contribution in [3.63, 3.8) is 0 Å². The second-order valence-corrected chi connectivity index (χ2v) is 5.75. The number of nitrogens with zero attached hydrogens (tertiary/aromatic N) is 2. The normalized spacial score (nSPS) is 11.4. The molecule has 1 aromatic rings. The van der Waals surface area contributed by atoms with E-state index >= 15 is 0 Å². The number of rotatable bonds is 5. The average Bonchev–Trinajstić information content (AvgIpc) is 2.65. The lowest BCUT2D eigenvalue weighted by Gasteiger charge is -2.12. The summed E-state index contributed by atoms with van der Waals surface area (Å²) in [4.78, 5) is 4.23. The molecule has 1 rings (SSSR count). The minimum absolute atomic E-state index is 0.0205. The van der Waals surface area contributed by atoms with E-state index in [2.05, 4.69) is 31.8 Å². The number of thioether (sulfide) groups is 1. The zero-order valence-electron chi connectivity index (χ0n) is 10.1. The number of unbranched alkanes of at least 4 members (excludes halogenated alkanes) is 2. The third-order valence-electron chi connectivity index (χ3n) is 2.13. The molecule has 0 aliphatic carbocycles. The van der Waals surface area contributed by atoms with Crippen molar-refractivity contribution in [1.82, 2.24) is 4.98 Å². The Balaban J connectivity index is 2.33. The summed E-state index contributed by atoms with van der Waals surface area (Å²) in [7, 11) is 0. The van der Waals surface area contributed by atoms with Crippen molar-refractivity contribution >= 4 is 11.8 Å². The van der Waals surface area contributed by atoms with Crippen molar-refractivity contribution in [1.29, 1.82) is 5.26 Å². The van der Waals surface area contributed by atoms with Gasteiger partial charge in [0.25, 0.3) is 5.22 Å². The average molecular weight is 238 g/mol. The maximum atomic E-state index is 8.39. The molecule has 3 nitrogen and oxygen atoms in total. The molecule has 88 valence electrons. The highest BCUT2D eigenvalue weighted by Crippen LogP contribution is 2.27. The van der Waals surface area contributed by atoms with Crippen LogP contribution in [0.5, 0.6) is 0 Å². The van der Waals surface area contributed by atoms with Gasteiger partial charge in [0, 0.05) is 17.6 Å². The van der Waals surface area contributed by atoms with Crippen LogP contribution in [0.4, 0.5) is 0 Å². The monoisotopic (exact) mass is 238 g/mol. The van der Waals surface area contributed by atoms with E-state index in [0.29, 0.717) is 6.42 Å². The van der Waals surface area contributed by atoms with Gasteiger partial charge in [0.1, 0.15) is 5.76 Å². The van der Waals surface area contributed by atoms with Crippen LogP contribution in [0.1, 0.15) is 45.8 Å². The fourth-order valence-electron chi connectivity index (χ4n) is 1.14. The van der Waals surface area contributed by atoms with Gasteiger partial charge in [0.05, 0.1) is 12.3 Å². The second kappa shape index (κ2) is 5.95. The number of nitriles is 1. The molecule has 0 amide bonds. The van der Waals surface area contributed by atoms with Gasteiger partial charge >= 0.3 is 0 Å². The predicted molar refractivity (Wildman–Crippen MR) is 65.4 cm³/mol. The third kappa shape index (κ3) is 4.28. The highest BCUT2D eigenvalue weighted by atomic mass is 32.2. The lowest BCUT2D eigenvalue weighted by Crippen LogP contribution is -2.09. The first kappa shape index (κ1) is 13.1. The Kier molecular flexibility index (Phi) is 4.88. The number of hydrogen-bond donors (Lipinski definition) is 0. The van der Waals surface area contributed by atoms with Crippen molar-refractivity contribution in [3.8, 4) is 6.07 Å². The topological polar surface area (TPSA) is 49.8 Å². The molecule has 0 unspecified atom stereocenters. The highest BCUT2D eigenvalue weighted by molar-refractivity contribution is 7.99. The lowest BCUT2D eigenvalue weighted by molar-refractivity contribution is 0.355. The van der Waals surface area contributed by atoms with Crippen molar-refractivity contribution in [2.24, 2.45) is 0 Å². The van der Waals surface area contributed by atoms with Crippen molar-refractivity contribution < 1.29 is 4.42 Å². The van der Waals surface area contributed by atoms with E-state index in [1.54, 1.807) is 18.0 Å². The number of aromatic nitrogens is 1. The Labute approximate surface area is 101 Å². The number of hydrogen-bond acceptors (Lipinski definition) is 4. The van der Waals surface area contributed by atoms with Crippen molar-refractivity contribution in [2.45, 2.75) is 50.7 Å². The molecule has 16 heavy (non-hydrogen) atoms. The maximum Gasteiger partial charge on any atom is 0.255 e. The zero-order chi connectivity index (χ0) is 12.0. The fourth-order valence-corrected chi connectivity index (χ4v) is 1.94. The quantitative estimate of drug-likeness (QED) is 0.579. The van der Waals surface area contributed by atoms with Gasteiger partial charge in [-0.1, -0.05) is 32.5 Å². The minimum atomic E-state index is 0.0205. The molecule has 0 atom stereocenters. The van der Waals surface area contributed by atoms with Crippen LogP contribution < -0.4 is 0 Å². The van der Waals surface area contributed by atoms with Crippen LogP contribution >= 0.6 is 11.8 Å². The molecule has 0 aliphatic heterocycles. The molecule has 1 aromatic heterocycles. The van der Waals surface area contributed by atoms with Gasteiger partial charge in [-0.05, 0) is 12.8 Å². The van der Waals surface area contributed by atoms with E-state index < -0.39 is 0 Å². The molecule has 0 fully saturated rings. The summed E-state index contributed by atoms with van der Waals surface area (Å²) in [5.41, 5.74) is 0.0205. The Morgan fingerprint density at radius 3 is 2.75 bits per heavy atom. The standard InChI is InChI=1S/C12H18N2OS/c1-12(2,3)10-9-14-11(15-10)16-8-6-4-5-7-13/h9H,4-6,8H2,1-3H3. The Morgan fingerprint density at radius 2 is 2.19 bits per heavy atom. The van der Waals surface area contributed by atoms with Crippen molar-refractivity contribution in [3.05, 3.63) is 12.0 Å². The SMILES string of the molecule is CC(C)(C)c1cnc(SCCCCC#N)o1.